The Kier molecular flexibility index (Phi) is 8.36. The molecule has 0 atom stereocenters. The maximum atomic E-state index is 12.6. The van der Waals surface area contributed by atoms with E-state index in [4.69, 9.17) is 0 Å². The monoisotopic (exact) mass is 432 g/mol. The highest BCUT2D eigenvalue weighted by molar-refractivity contribution is 5.94. The van der Waals surface area contributed by atoms with Gasteiger partial charge in [-0.3, -0.25) is 9.79 Å². The molecule has 0 saturated carbocycles. The number of hydrogen-bond acceptors (Lipinski definition) is 3. The fraction of sp³-hybridized carbons (Fsp3) is 0.391. The zero-order chi connectivity index (χ0) is 23.0. The van der Waals surface area contributed by atoms with Gasteiger partial charge >= 0.3 is 6.61 Å². The SMILES string of the molecule is CN=C(NCc1cccc(C(=O)NC(C)(C)C)c1)NCc1cc(C)ccc1OC(F)F. The first-order chi connectivity index (χ1) is 14.6. The lowest BCUT2D eigenvalue weighted by Gasteiger charge is -2.20. The molecule has 0 spiro atoms. The minimum absolute atomic E-state index is 0.126. The molecule has 0 aliphatic heterocycles. The first kappa shape index (κ1) is 24.1. The number of ether oxygens (including phenoxy) is 1. The zero-order valence-electron chi connectivity index (χ0n) is 18.6. The minimum Gasteiger partial charge on any atom is -0.434 e. The number of rotatable bonds is 7. The number of alkyl halides is 2. The van der Waals surface area contributed by atoms with Crippen LogP contribution in [0.2, 0.25) is 0 Å². The molecule has 0 radical (unpaired) electrons. The molecule has 2 aromatic carbocycles. The average molecular weight is 433 g/mol. The van der Waals surface area contributed by atoms with Crippen molar-refractivity contribution in [2.75, 3.05) is 7.05 Å². The summed E-state index contributed by atoms with van der Waals surface area (Å²) >= 11 is 0. The Labute approximate surface area is 182 Å². The molecule has 3 N–H and O–H groups in total. The summed E-state index contributed by atoms with van der Waals surface area (Å²) < 4.78 is 29.9. The maximum absolute atomic E-state index is 12.6. The Hall–Kier alpha value is -3.16. The van der Waals surface area contributed by atoms with Crippen molar-refractivity contribution in [2.24, 2.45) is 4.99 Å². The Bertz CT molecular complexity index is 924. The van der Waals surface area contributed by atoms with Gasteiger partial charge in [-0.2, -0.15) is 8.78 Å². The number of nitrogens with zero attached hydrogens (tertiary/aromatic N) is 1. The molecule has 0 heterocycles. The van der Waals surface area contributed by atoms with Gasteiger partial charge in [-0.1, -0.05) is 29.8 Å². The third-order valence-corrected chi connectivity index (χ3v) is 4.24. The standard InChI is InChI=1S/C23H30F2N4O2/c1-15-9-10-19(31-21(24)25)18(11-15)14-28-22(26-5)27-13-16-7-6-8-17(12-16)20(30)29-23(2,3)4/h6-12,21H,13-14H2,1-5H3,(H,29,30)(H2,26,27,28). The highest BCUT2D eigenvalue weighted by Gasteiger charge is 2.15. The van der Waals surface area contributed by atoms with Crippen LogP contribution in [0, 0.1) is 6.92 Å². The van der Waals surface area contributed by atoms with Crippen molar-refractivity contribution in [2.45, 2.75) is 52.9 Å². The second kappa shape index (κ2) is 10.7. The number of carbonyl (C=O) groups is 1. The topological polar surface area (TPSA) is 74.8 Å². The normalized spacial score (nSPS) is 11.9. The van der Waals surface area contributed by atoms with Gasteiger partial charge in [0.25, 0.3) is 5.91 Å². The second-order valence-corrected chi connectivity index (χ2v) is 8.17. The molecular formula is C23H30F2N4O2. The lowest BCUT2D eigenvalue weighted by atomic mass is 10.1. The summed E-state index contributed by atoms with van der Waals surface area (Å²) in [5.41, 5.74) is 2.70. The van der Waals surface area contributed by atoms with Gasteiger partial charge in [0.05, 0.1) is 0 Å². The smallest absolute Gasteiger partial charge is 0.387 e. The van der Waals surface area contributed by atoms with Gasteiger partial charge < -0.3 is 20.7 Å². The molecule has 1 amide bonds. The van der Waals surface area contributed by atoms with E-state index >= 15 is 0 Å². The highest BCUT2D eigenvalue weighted by Crippen LogP contribution is 2.22. The van der Waals surface area contributed by atoms with Crippen molar-refractivity contribution in [1.29, 1.82) is 0 Å². The summed E-state index contributed by atoms with van der Waals surface area (Å²) in [7, 11) is 1.62. The lowest BCUT2D eigenvalue weighted by Crippen LogP contribution is -2.40. The Morgan fingerprint density at radius 3 is 2.45 bits per heavy atom. The number of amides is 1. The number of benzene rings is 2. The first-order valence-electron chi connectivity index (χ1n) is 9.97. The van der Waals surface area contributed by atoms with Crippen molar-refractivity contribution >= 4 is 11.9 Å². The van der Waals surface area contributed by atoms with Crippen molar-refractivity contribution in [3.8, 4) is 5.75 Å². The summed E-state index contributed by atoms with van der Waals surface area (Å²) in [6, 6.07) is 12.3. The van der Waals surface area contributed by atoms with Crippen LogP contribution >= 0.6 is 0 Å². The van der Waals surface area contributed by atoms with E-state index in [1.807, 2.05) is 45.9 Å². The summed E-state index contributed by atoms with van der Waals surface area (Å²) in [4.78, 5) is 16.5. The highest BCUT2D eigenvalue weighted by atomic mass is 19.3. The largest absolute Gasteiger partial charge is 0.434 e. The Balaban J connectivity index is 1.99. The zero-order valence-corrected chi connectivity index (χ0v) is 18.6. The first-order valence-corrected chi connectivity index (χ1v) is 9.97. The fourth-order valence-corrected chi connectivity index (χ4v) is 2.88. The quantitative estimate of drug-likeness (QED) is 0.457. The molecule has 0 unspecified atom stereocenters. The molecule has 0 aliphatic rings. The van der Waals surface area contributed by atoms with Crippen LogP contribution in [0.3, 0.4) is 0 Å². The van der Waals surface area contributed by atoms with E-state index in [0.717, 1.165) is 11.1 Å². The molecule has 2 aromatic rings. The van der Waals surface area contributed by atoms with Crippen molar-refractivity contribution in [3.05, 3.63) is 64.7 Å². The van der Waals surface area contributed by atoms with Crippen LogP contribution in [0.15, 0.2) is 47.5 Å². The molecule has 2 rings (SSSR count). The third kappa shape index (κ3) is 8.24. The molecular weight excluding hydrogens is 402 g/mol. The molecule has 0 fully saturated rings. The average Bonchev–Trinajstić information content (AvgIpc) is 2.68. The minimum atomic E-state index is -2.89. The van der Waals surface area contributed by atoms with Crippen LogP contribution in [0.5, 0.6) is 5.75 Å². The third-order valence-electron chi connectivity index (χ3n) is 4.24. The van der Waals surface area contributed by atoms with E-state index < -0.39 is 6.61 Å². The van der Waals surface area contributed by atoms with E-state index in [9.17, 15) is 13.6 Å². The van der Waals surface area contributed by atoms with Crippen molar-refractivity contribution in [1.82, 2.24) is 16.0 Å². The molecule has 31 heavy (non-hydrogen) atoms. The van der Waals surface area contributed by atoms with Crippen LogP contribution in [0.1, 0.15) is 47.8 Å². The summed E-state index contributed by atoms with van der Waals surface area (Å²) in [5.74, 6) is 0.484. The lowest BCUT2D eigenvalue weighted by molar-refractivity contribution is -0.0504. The van der Waals surface area contributed by atoms with Crippen LogP contribution in [0.25, 0.3) is 0 Å². The number of hydrogen-bond donors (Lipinski definition) is 3. The van der Waals surface area contributed by atoms with Gasteiger partial charge in [-0.15, -0.1) is 0 Å². The molecule has 168 valence electrons. The van der Waals surface area contributed by atoms with E-state index in [0.29, 0.717) is 23.6 Å². The summed E-state index contributed by atoms with van der Waals surface area (Å²) in [6.07, 6.45) is 0. The predicted octanol–water partition coefficient (Wildman–Crippen LogP) is 3.99. The molecule has 6 nitrogen and oxygen atoms in total. The number of carbonyl (C=O) groups excluding carboxylic acids is 1. The van der Waals surface area contributed by atoms with Crippen molar-refractivity contribution < 1.29 is 18.3 Å². The van der Waals surface area contributed by atoms with Crippen LogP contribution in [0.4, 0.5) is 8.78 Å². The Morgan fingerprint density at radius 2 is 1.81 bits per heavy atom. The summed E-state index contributed by atoms with van der Waals surface area (Å²) in [5, 5.41) is 9.20. The van der Waals surface area contributed by atoms with Gasteiger partial charge in [0.15, 0.2) is 5.96 Å². The van der Waals surface area contributed by atoms with Crippen LogP contribution in [-0.4, -0.2) is 31.1 Å². The van der Waals surface area contributed by atoms with Gasteiger partial charge in [-0.25, -0.2) is 0 Å². The molecule has 0 saturated heterocycles. The molecule has 0 bridgehead atoms. The van der Waals surface area contributed by atoms with Crippen LogP contribution in [-0.2, 0) is 13.1 Å². The van der Waals surface area contributed by atoms with E-state index in [1.54, 1.807) is 25.2 Å². The Morgan fingerprint density at radius 1 is 1.10 bits per heavy atom. The van der Waals surface area contributed by atoms with E-state index in [-0.39, 0.29) is 23.7 Å². The van der Waals surface area contributed by atoms with Gasteiger partial charge in [0.1, 0.15) is 5.75 Å². The van der Waals surface area contributed by atoms with E-state index in [2.05, 4.69) is 25.7 Å². The molecule has 0 aliphatic carbocycles. The van der Waals surface area contributed by atoms with Crippen LogP contribution < -0.4 is 20.7 Å². The van der Waals surface area contributed by atoms with Gasteiger partial charge in [-0.05, 0) is 51.5 Å². The fourth-order valence-electron chi connectivity index (χ4n) is 2.88. The van der Waals surface area contributed by atoms with Gasteiger partial charge in [0, 0.05) is 36.8 Å². The number of guanidine groups is 1. The molecule has 0 aromatic heterocycles. The van der Waals surface area contributed by atoms with Crippen molar-refractivity contribution in [3.63, 3.8) is 0 Å². The summed E-state index contributed by atoms with van der Waals surface area (Å²) in [6.45, 7) is 5.48. The number of aliphatic imine (C=N–C) groups is 1. The number of aryl methyl sites for hydroxylation is 1. The number of halogens is 2. The number of nitrogens with one attached hydrogen (secondary N) is 3. The van der Waals surface area contributed by atoms with E-state index in [1.165, 1.54) is 6.07 Å². The second-order valence-electron chi connectivity index (χ2n) is 8.17. The molecule has 8 heteroatoms. The van der Waals surface area contributed by atoms with Gasteiger partial charge in [0.2, 0.25) is 0 Å². The maximum Gasteiger partial charge on any atom is 0.387 e. The predicted molar refractivity (Wildman–Crippen MR) is 119 cm³/mol.